The molecule has 8 nitrogen and oxygen atoms in total. The van der Waals surface area contributed by atoms with Gasteiger partial charge >= 0.3 is 0 Å². The van der Waals surface area contributed by atoms with Crippen LogP contribution in [0, 0.1) is 0 Å². The van der Waals surface area contributed by atoms with Gasteiger partial charge in [-0.05, 0) is 76.9 Å². The van der Waals surface area contributed by atoms with Crippen LogP contribution >= 0.6 is 11.6 Å². The molecule has 0 aliphatic carbocycles. The lowest BCUT2D eigenvalue weighted by Gasteiger charge is -2.28. The van der Waals surface area contributed by atoms with Crippen LogP contribution < -0.4 is 9.64 Å². The second-order valence-electron chi connectivity index (χ2n) is 8.52. The van der Waals surface area contributed by atoms with E-state index in [1.807, 2.05) is 36.4 Å². The van der Waals surface area contributed by atoms with E-state index in [-0.39, 0.29) is 18.2 Å². The highest BCUT2D eigenvalue weighted by atomic mass is 35.5. The largest absolute Gasteiger partial charge is 0.494 e. The van der Waals surface area contributed by atoms with Gasteiger partial charge in [0.15, 0.2) is 5.82 Å². The fourth-order valence-electron chi connectivity index (χ4n) is 4.20. The number of fused-ring (bicyclic) bond motifs is 1. The summed E-state index contributed by atoms with van der Waals surface area (Å²) >= 11 is 5.93. The van der Waals surface area contributed by atoms with Crippen molar-refractivity contribution in [3.8, 4) is 5.75 Å². The Bertz CT molecular complexity index is 1370. The number of tetrazole rings is 1. The Morgan fingerprint density at radius 3 is 2.61 bits per heavy atom. The number of amides is 2. The molecule has 0 atom stereocenters. The first-order valence-corrected chi connectivity index (χ1v) is 12.1. The number of hydrogen-bond acceptors (Lipinski definition) is 6. The van der Waals surface area contributed by atoms with E-state index < -0.39 is 0 Å². The van der Waals surface area contributed by atoms with Crippen molar-refractivity contribution in [3.63, 3.8) is 0 Å². The summed E-state index contributed by atoms with van der Waals surface area (Å²) in [7, 11) is 0. The number of carbonyl (C=O) groups excluding carboxylic acids is 2. The minimum Gasteiger partial charge on any atom is -0.494 e. The van der Waals surface area contributed by atoms with Crippen molar-refractivity contribution in [2.75, 3.05) is 11.5 Å². The van der Waals surface area contributed by atoms with Crippen molar-refractivity contribution in [1.82, 2.24) is 20.2 Å². The number of carbonyl (C=O) groups is 2. The monoisotopic (exact) mass is 501 g/mol. The molecule has 1 aliphatic heterocycles. The summed E-state index contributed by atoms with van der Waals surface area (Å²) in [6.45, 7) is 1.11. The standard InChI is InChI=1S/C27H24ClN5O3/c28-22-11-8-20(9-12-22)27(35)33-24-14-13-23(17-21(24)10-15-26(33)34)36-16-4-7-25-29-30-31-32(25)18-19-5-2-1-3-6-19/h1-3,5-6,8-9,11-14,17H,4,7,10,15-16,18H2. The van der Waals surface area contributed by atoms with Crippen LogP contribution in [-0.2, 0) is 24.2 Å². The number of aromatic nitrogens is 4. The number of rotatable bonds is 8. The highest BCUT2D eigenvalue weighted by Crippen LogP contribution is 2.32. The van der Waals surface area contributed by atoms with E-state index in [9.17, 15) is 9.59 Å². The summed E-state index contributed by atoms with van der Waals surface area (Å²) in [4.78, 5) is 26.9. The molecule has 0 saturated heterocycles. The third kappa shape index (κ3) is 5.28. The SMILES string of the molecule is O=C1CCc2cc(OCCCc3nnnn3Cc3ccccc3)ccc2N1C(=O)c1ccc(Cl)cc1. The Morgan fingerprint density at radius 1 is 1.00 bits per heavy atom. The van der Waals surface area contributed by atoms with E-state index in [0.717, 1.165) is 23.4 Å². The molecule has 1 aliphatic rings. The van der Waals surface area contributed by atoms with E-state index in [2.05, 4.69) is 15.5 Å². The van der Waals surface area contributed by atoms with E-state index >= 15 is 0 Å². The lowest BCUT2D eigenvalue weighted by Crippen LogP contribution is -2.40. The highest BCUT2D eigenvalue weighted by Gasteiger charge is 2.30. The topological polar surface area (TPSA) is 90.2 Å². The quantitative estimate of drug-likeness (QED) is 0.261. The van der Waals surface area contributed by atoms with Crippen LogP contribution in [0.2, 0.25) is 5.02 Å². The molecule has 0 fully saturated rings. The Balaban J connectivity index is 1.20. The molecule has 0 N–H and O–H groups in total. The first kappa shape index (κ1) is 23.7. The van der Waals surface area contributed by atoms with Crippen LogP contribution in [0.5, 0.6) is 5.75 Å². The Hall–Kier alpha value is -4.04. The van der Waals surface area contributed by atoms with Crippen LogP contribution in [0.1, 0.15) is 40.2 Å². The molecular weight excluding hydrogens is 478 g/mol. The van der Waals surface area contributed by atoms with E-state index in [1.54, 1.807) is 41.1 Å². The molecule has 0 spiro atoms. The van der Waals surface area contributed by atoms with Crippen molar-refractivity contribution in [2.24, 2.45) is 0 Å². The van der Waals surface area contributed by atoms with Crippen LogP contribution in [0.4, 0.5) is 5.69 Å². The van der Waals surface area contributed by atoms with Crippen LogP contribution in [-0.4, -0.2) is 38.6 Å². The summed E-state index contributed by atoms with van der Waals surface area (Å²) in [5, 5.41) is 12.6. The van der Waals surface area contributed by atoms with Gasteiger partial charge in [-0.25, -0.2) is 9.58 Å². The molecule has 0 radical (unpaired) electrons. The fraction of sp³-hybridized carbons (Fsp3) is 0.222. The Morgan fingerprint density at radius 2 is 1.81 bits per heavy atom. The summed E-state index contributed by atoms with van der Waals surface area (Å²) in [5.41, 5.74) is 3.05. The molecule has 2 amide bonds. The second kappa shape index (κ2) is 10.7. The lowest BCUT2D eigenvalue weighted by molar-refractivity contribution is -0.118. The van der Waals surface area contributed by atoms with Crippen LogP contribution in [0.3, 0.4) is 0 Å². The summed E-state index contributed by atoms with van der Waals surface area (Å²) < 4.78 is 7.77. The zero-order valence-electron chi connectivity index (χ0n) is 19.5. The number of ether oxygens (including phenoxy) is 1. The summed E-state index contributed by atoms with van der Waals surface area (Å²) in [5.74, 6) is 0.928. The van der Waals surface area contributed by atoms with Gasteiger partial charge in [0.2, 0.25) is 5.91 Å². The molecule has 1 aromatic heterocycles. The van der Waals surface area contributed by atoms with Gasteiger partial charge in [-0.3, -0.25) is 9.59 Å². The molecule has 4 aromatic rings. The number of anilines is 1. The van der Waals surface area contributed by atoms with Crippen molar-refractivity contribution in [3.05, 3.63) is 100 Å². The van der Waals surface area contributed by atoms with Crippen molar-refractivity contribution in [1.29, 1.82) is 0 Å². The van der Waals surface area contributed by atoms with Gasteiger partial charge in [-0.1, -0.05) is 41.9 Å². The predicted octanol–water partition coefficient (Wildman–Crippen LogP) is 4.51. The maximum Gasteiger partial charge on any atom is 0.265 e. The molecular formula is C27H24ClN5O3. The molecule has 0 saturated carbocycles. The molecule has 2 heterocycles. The van der Waals surface area contributed by atoms with E-state index in [0.29, 0.717) is 48.0 Å². The smallest absolute Gasteiger partial charge is 0.265 e. The number of nitrogens with zero attached hydrogens (tertiary/aromatic N) is 5. The van der Waals surface area contributed by atoms with Gasteiger partial charge in [0.05, 0.1) is 18.8 Å². The normalized spacial score (nSPS) is 12.9. The average molecular weight is 502 g/mol. The predicted molar refractivity (Wildman–Crippen MR) is 135 cm³/mol. The van der Waals surface area contributed by atoms with Gasteiger partial charge in [-0.2, -0.15) is 0 Å². The molecule has 5 rings (SSSR count). The summed E-state index contributed by atoms with van der Waals surface area (Å²) in [6.07, 6.45) is 2.25. The first-order valence-electron chi connectivity index (χ1n) is 11.8. The van der Waals surface area contributed by atoms with Gasteiger partial charge in [0.25, 0.3) is 5.91 Å². The number of halogens is 1. The van der Waals surface area contributed by atoms with Crippen LogP contribution in [0.25, 0.3) is 0 Å². The van der Waals surface area contributed by atoms with Gasteiger partial charge in [0, 0.05) is 23.4 Å². The van der Waals surface area contributed by atoms with Crippen molar-refractivity contribution < 1.29 is 14.3 Å². The third-order valence-corrected chi connectivity index (χ3v) is 6.29. The Labute approximate surface area is 213 Å². The van der Waals surface area contributed by atoms with Crippen molar-refractivity contribution >= 4 is 29.1 Å². The maximum absolute atomic E-state index is 13.0. The minimum atomic E-state index is -0.362. The first-order chi connectivity index (χ1) is 17.6. The van der Waals surface area contributed by atoms with Gasteiger partial charge < -0.3 is 4.74 Å². The molecule has 36 heavy (non-hydrogen) atoms. The average Bonchev–Trinajstić information content (AvgIpc) is 3.34. The maximum atomic E-state index is 13.0. The number of benzene rings is 3. The van der Waals surface area contributed by atoms with Gasteiger partial charge in [-0.15, -0.1) is 5.10 Å². The molecule has 0 bridgehead atoms. The minimum absolute atomic E-state index is 0.218. The second-order valence-corrected chi connectivity index (χ2v) is 8.96. The lowest BCUT2D eigenvalue weighted by atomic mass is 9.99. The number of hydrogen-bond donors (Lipinski definition) is 0. The molecule has 9 heteroatoms. The van der Waals surface area contributed by atoms with E-state index in [4.69, 9.17) is 16.3 Å². The number of aryl methyl sites for hydroxylation is 2. The zero-order chi connectivity index (χ0) is 24.9. The molecule has 3 aromatic carbocycles. The van der Waals surface area contributed by atoms with Crippen molar-refractivity contribution in [2.45, 2.75) is 32.2 Å². The van der Waals surface area contributed by atoms with Gasteiger partial charge in [0.1, 0.15) is 5.75 Å². The van der Waals surface area contributed by atoms with Crippen LogP contribution in [0.15, 0.2) is 72.8 Å². The third-order valence-electron chi connectivity index (χ3n) is 6.04. The Kier molecular flexibility index (Phi) is 7.04. The zero-order valence-corrected chi connectivity index (χ0v) is 20.3. The molecule has 182 valence electrons. The summed E-state index contributed by atoms with van der Waals surface area (Å²) in [6, 6.07) is 22.1. The highest BCUT2D eigenvalue weighted by molar-refractivity contribution is 6.30. The fourth-order valence-corrected chi connectivity index (χ4v) is 4.33. The van der Waals surface area contributed by atoms with E-state index in [1.165, 1.54) is 4.90 Å². The molecule has 0 unspecified atom stereocenters. The number of imide groups is 1.